The first-order chi connectivity index (χ1) is 13.4. The van der Waals surface area contributed by atoms with E-state index in [9.17, 15) is 9.18 Å². The molecule has 10 heteroatoms. The fraction of sp³-hybridized carbons (Fsp3) is 0.222. The summed E-state index contributed by atoms with van der Waals surface area (Å²) in [6, 6.07) is 6.43. The minimum absolute atomic E-state index is 0.0921. The second-order valence-corrected chi connectivity index (χ2v) is 8.13. The molecule has 0 spiro atoms. The van der Waals surface area contributed by atoms with Gasteiger partial charge in [-0.05, 0) is 36.3 Å². The van der Waals surface area contributed by atoms with E-state index in [1.807, 2.05) is 0 Å². The van der Waals surface area contributed by atoms with Crippen molar-refractivity contribution in [3.63, 3.8) is 0 Å². The number of amides is 1. The highest BCUT2D eigenvalue weighted by molar-refractivity contribution is 8.13. The Balaban J connectivity index is 1.80. The molecule has 0 aliphatic carbocycles. The van der Waals surface area contributed by atoms with Crippen LogP contribution in [0.5, 0.6) is 0 Å². The Kier molecular flexibility index (Phi) is 6.53. The van der Waals surface area contributed by atoms with Crippen LogP contribution in [0.25, 0.3) is 6.08 Å². The standard InChI is InChI=1S/C18H16Cl2FN5OS/c19-15(20)7-11-1-2-13(24-9-11)16(27)25-12-3-5-23-14(8-12)18(10-21)4-6-28-17(22)26-18/h1-3,5,7-9H,4,6,10H2,(H2,22,26)(H,23,25,27)/t18-/m1/s1. The maximum absolute atomic E-state index is 13.8. The fourth-order valence-corrected chi connectivity index (χ4v) is 3.82. The van der Waals surface area contributed by atoms with Gasteiger partial charge in [0, 0.05) is 23.8 Å². The zero-order valence-corrected chi connectivity index (χ0v) is 16.9. The molecular formula is C18H16Cl2FN5OS. The van der Waals surface area contributed by atoms with Crippen molar-refractivity contribution in [2.75, 3.05) is 17.7 Å². The topological polar surface area (TPSA) is 93.3 Å². The third kappa shape index (κ3) is 4.81. The Morgan fingerprint density at radius 1 is 1.36 bits per heavy atom. The van der Waals surface area contributed by atoms with Gasteiger partial charge in [0.1, 0.15) is 22.4 Å². The number of nitrogens with two attached hydrogens (primary N) is 1. The number of hydrogen-bond donors (Lipinski definition) is 2. The number of aliphatic imine (C=N–C) groups is 1. The van der Waals surface area contributed by atoms with Gasteiger partial charge in [0.05, 0.1) is 5.69 Å². The number of aromatic nitrogens is 2. The average Bonchev–Trinajstić information content (AvgIpc) is 2.68. The lowest BCUT2D eigenvalue weighted by molar-refractivity contribution is 0.102. The lowest BCUT2D eigenvalue weighted by Gasteiger charge is -2.30. The molecule has 0 fully saturated rings. The predicted octanol–water partition coefficient (Wildman–Crippen LogP) is 4.12. The largest absolute Gasteiger partial charge is 0.379 e. The molecule has 3 heterocycles. The van der Waals surface area contributed by atoms with Crippen molar-refractivity contribution in [2.24, 2.45) is 10.7 Å². The Morgan fingerprint density at radius 2 is 2.18 bits per heavy atom. The Labute approximate surface area is 175 Å². The van der Waals surface area contributed by atoms with Crippen LogP contribution >= 0.6 is 35.0 Å². The van der Waals surface area contributed by atoms with E-state index in [1.54, 1.807) is 24.3 Å². The summed E-state index contributed by atoms with van der Waals surface area (Å²) in [5.74, 6) is 0.232. The Bertz CT molecular complexity index is 934. The van der Waals surface area contributed by atoms with Crippen molar-refractivity contribution in [1.29, 1.82) is 0 Å². The number of anilines is 1. The van der Waals surface area contributed by atoms with E-state index < -0.39 is 18.1 Å². The minimum atomic E-state index is -1.12. The smallest absolute Gasteiger partial charge is 0.274 e. The zero-order chi connectivity index (χ0) is 20.1. The molecule has 3 N–H and O–H groups in total. The SMILES string of the molecule is NC1=N[C@](CF)(c2cc(NC(=O)c3ccc(C=C(Cl)Cl)cn3)ccn2)CCS1. The number of nitrogens with one attached hydrogen (secondary N) is 1. The fourth-order valence-electron chi connectivity index (χ4n) is 2.68. The van der Waals surface area contributed by atoms with Crippen LogP contribution in [-0.4, -0.2) is 33.5 Å². The lowest BCUT2D eigenvalue weighted by Crippen LogP contribution is -2.34. The predicted molar refractivity (Wildman–Crippen MR) is 112 cm³/mol. The van der Waals surface area contributed by atoms with Crippen molar-refractivity contribution in [1.82, 2.24) is 9.97 Å². The van der Waals surface area contributed by atoms with Crippen LogP contribution in [0.4, 0.5) is 10.1 Å². The van der Waals surface area contributed by atoms with Crippen LogP contribution in [0.2, 0.25) is 0 Å². The summed E-state index contributed by atoms with van der Waals surface area (Å²) in [6.07, 6.45) is 4.96. The van der Waals surface area contributed by atoms with Crippen molar-refractivity contribution in [3.8, 4) is 0 Å². The van der Waals surface area contributed by atoms with Crippen LogP contribution in [0, 0.1) is 0 Å². The number of amidine groups is 1. The van der Waals surface area contributed by atoms with E-state index in [4.69, 9.17) is 28.9 Å². The Hall–Kier alpha value is -2.16. The van der Waals surface area contributed by atoms with E-state index in [2.05, 4.69) is 20.3 Å². The van der Waals surface area contributed by atoms with Crippen LogP contribution < -0.4 is 11.1 Å². The highest BCUT2D eigenvalue weighted by Crippen LogP contribution is 2.35. The van der Waals surface area contributed by atoms with Crippen LogP contribution in [0.3, 0.4) is 0 Å². The molecule has 0 radical (unpaired) electrons. The molecule has 0 unspecified atom stereocenters. The van der Waals surface area contributed by atoms with E-state index in [1.165, 1.54) is 30.2 Å². The minimum Gasteiger partial charge on any atom is -0.379 e. The number of pyridine rings is 2. The molecule has 3 rings (SSSR count). The number of carbonyl (C=O) groups excluding carboxylic acids is 1. The van der Waals surface area contributed by atoms with Gasteiger partial charge in [-0.15, -0.1) is 0 Å². The highest BCUT2D eigenvalue weighted by Gasteiger charge is 2.36. The van der Waals surface area contributed by atoms with Gasteiger partial charge in [0.15, 0.2) is 5.17 Å². The van der Waals surface area contributed by atoms with Gasteiger partial charge in [0.2, 0.25) is 0 Å². The summed E-state index contributed by atoms with van der Waals surface area (Å²) in [5.41, 5.74) is 6.41. The monoisotopic (exact) mass is 439 g/mol. The molecule has 0 bridgehead atoms. The molecule has 28 heavy (non-hydrogen) atoms. The summed E-state index contributed by atoms with van der Waals surface area (Å²) in [4.78, 5) is 25.1. The van der Waals surface area contributed by atoms with Crippen molar-refractivity contribution in [2.45, 2.75) is 12.0 Å². The Morgan fingerprint density at radius 3 is 2.82 bits per heavy atom. The first-order valence-electron chi connectivity index (χ1n) is 8.22. The maximum Gasteiger partial charge on any atom is 0.274 e. The lowest BCUT2D eigenvalue weighted by atomic mass is 9.93. The summed E-state index contributed by atoms with van der Waals surface area (Å²) in [6.45, 7) is -0.724. The first kappa shape index (κ1) is 20.6. The second-order valence-electron chi connectivity index (χ2n) is 6.01. The van der Waals surface area contributed by atoms with Gasteiger partial charge in [-0.25, -0.2) is 9.38 Å². The number of carbonyl (C=O) groups is 1. The molecule has 1 amide bonds. The number of thioether (sulfide) groups is 1. The highest BCUT2D eigenvalue weighted by atomic mass is 35.5. The first-order valence-corrected chi connectivity index (χ1v) is 9.97. The molecule has 6 nitrogen and oxygen atoms in total. The van der Waals surface area contributed by atoms with Crippen LogP contribution in [-0.2, 0) is 5.54 Å². The second kappa shape index (κ2) is 8.89. The maximum atomic E-state index is 13.8. The van der Waals surface area contributed by atoms with E-state index >= 15 is 0 Å². The number of halogens is 3. The summed E-state index contributed by atoms with van der Waals surface area (Å²) >= 11 is 12.6. The molecular weight excluding hydrogens is 424 g/mol. The molecule has 1 atom stereocenters. The molecule has 0 aromatic carbocycles. The summed E-state index contributed by atoms with van der Waals surface area (Å²) in [7, 11) is 0. The van der Waals surface area contributed by atoms with Gasteiger partial charge < -0.3 is 11.1 Å². The van der Waals surface area contributed by atoms with Crippen molar-refractivity contribution >= 4 is 57.8 Å². The number of alkyl halides is 1. The molecule has 1 aliphatic rings. The van der Waals surface area contributed by atoms with E-state index in [0.717, 1.165) is 0 Å². The molecule has 2 aromatic rings. The average molecular weight is 440 g/mol. The van der Waals surface area contributed by atoms with E-state index in [-0.39, 0.29) is 10.2 Å². The number of nitrogens with zero attached hydrogens (tertiary/aromatic N) is 3. The molecule has 146 valence electrons. The quantitative estimate of drug-likeness (QED) is 0.730. The molecule has 0 saturated heterocycles. The normalized spacial score (nSPS) is 18.9. The molecule has 2 aromatic heterocycles. The third-order valence-electron chi connectivity index (χ3n) is 4.10. The summed E-state index contributed by atoms with van der Waals surface area (Å²) < 4.78 is 13.9. The van der Waals surface area contributed by atoms with Crippen LogP contribution in [0.1, 0.15) is 28.2 Å². The van der Waals surface area contributed by atoms with Gasteiger partial charge >= 0.3 is 0 Å². The van der Waals surface area contributed by atoms with Crippen LogP contribution in [0.15, 0.2) is 46.1 Å². The molecule has 1 aliphatic heterocycles. The third-order valence-corrected chi connectivity index (χ3v) is 5.11. The van der Waals surface area contributed by atoms with Crippen molar-refractivity contribution in [3.05, 3.63) is 58.1 Å². The molecule has 0 saturated carbocycles. The number of rotatable bonds is 5. The van der Waals surface area contributed by atoms with Gasteiger partial charge in [-0.3, -0.25) is 14.8 Å². The van der Waals surface area contributed by atoms with E-state index in [0.29, 0.717) is 34.3 Å². The van der Waals surface area contributed by atoms with Crippen molar-refractivity contribution < 1.29 is 9.18 Å². The summed E-state index contributed by atoms with van der Waals surface area (Å²) in [5, 5.41) is 3.06. The zero-order valence-electron chi connectivity index (χ0n) is 14.5. The van der Waals surface area contributed by atoms with Gasteiger partial charge in [-0.2, -0.15) is 0 Å². The van der Waals surface area contributed by atoms with Gasteiger partial charge in [0.25, 0.3) is 5.91 Å². The van der Waals surface area contributed by atoms with Gasteiger partial charge in [-0.1, -0.05) is 41.0 Å². The number of hydrogen-bond acceptors (Lipinski definition) is 6.